The number of ether oxygens (including phenoxy) is 2. The van der Waals surface area contributed by atoms with Crippen molar-refractivity contribution in [1.82, 2.24) is 14.5 Å². The summed E-state index contributed by atoms with van der Waals surface area (Å²) < 4.78 is 13.1. The first kappa shape index (κ1) is 44.4. The molecule has 16 heteroatoms. The van der Waals surface area contributed by atoms with Crippen LogP contribution >= 0.6 is 0 Å². The summed E-state index contributed by atoms with van der Waals surface area (Å²) in [5.74, 6) is -2.34. The van der Waals surface area contributed by atoms with Crippen molar-refractivity contribution in [2.75, 3.05) is 18.0 Å². The van der Waals surface area contributed by atoms with Crippen LogP contribution in [0.5, 0.6) is 17.2 Å². The van der Waals surface area contributed by atoms with Crippen LogP contribution in [0.1, 0.15) is 105 Å². The monoisotopic (exact) mass is 884 g/mol. The predicted octanol–water partition coefficient (Wildman–Crippen LogP) is 6.61. The van der Waals surface area contributed by atoms with Gasteiger partial charge in [-0.25, -0.2) is 19.5 Å². The van der Waals surface area contributed by atoms with Gasteiger partial charge in [-0.2, -0.15) is 0 Å². The summed E-state index contributed by atoms with van der Waals surface area (Å²) in [6.45, 7) is 8.33. The van der Waals surface area contributed by atoms with E-state index in [1.807, 2.05) is 32.9 Å². The molecule has 3 aliphatic rings. The molecule has 2 aromatic heterocycles. The van der Waals surface area contributed by atoms with E-state index in [1.165, 1.54) is 6.07 Å². The highest BCUT2D eigenvalue weighted by molar-refractivity contribution is 6.22. The Hall–Kier alpha value is -7.23. The van der Waals surface area contributed by atoms with Gasteiger partial charge in [-0.3, -0.25) is 19.8 Å². The second-order valence-electron chi connectivity index (χ2n) is 17.3. The Balaban J connectivity index is 0.894. The van der Waals surface area contributed by atoms with Crippen LogP contribution in [0.25, 0.3) is 22.3 Å². The number of amidine groups is 1. The minimum atomic E-state index is -1.90. The summed E-state index contributed by atoms with van der Waals surface area (Å²) in [5.41, 5.74) is 9.29. The largest absolute Gasteiger partial charge is 0.508 e. The molecule has 8 rings (SSSR count). The number of benzene rings is 3. The van der Waals surface area contributed by atoms with Crippen LogP contribution < -0.4 is 16.2 Å². The van der Waals surface area contributed by atoms with Gasteiger partial charge in [0.25, 0.3) is 5.56 Å². The summed E-state index contributed by atoms with van der Waals surface area (Å²) in [7, 11) is 0. The van der Waals surface area contributed by atoms with Crippen LogP contribution in [-0.2, 0) is 55.5 Å². The minimum Gasteiger partial charge on any atom is -0.508 e. The van der Waals surface area contributed by atoms with Gasteiger partial charge in [-0.1, -0.05) is 39.8 Å². The number of pyridine rings is 2. The second-order valence-corrected chi connectivity index (χ2v) is 17.3. The van der Waals surface area contributed by atoms with Gasteiger partial charge in [-0.05, 0) is 103 Å². The number of carbonyl (C=O) groups excluding carboxylic acids is 4. The summed E-state index contributed by atoms with van der Waals surface area (Å²) in [6.07, 6.45) is 2.33. The number of piperidine rings is 1. The van der Waals surface area contributed by atoms with E-state index >= 15 is 0 Å². The number of phenols is 3. The molecule has 1 saturated heterocycles. The van der Waals surface area contributed by atoms with Gasteiger partial charge < -0.3 is 40.0 Å². The molecule has 65 heavy (non-hydrogen) atoms. The minimum absolute atomic E-state index is 0.00812. The summed E-state index contributed by atoms with van der Waals surface area (Å²) in [6, 6.07) is 15.4. The number of nitrogens with zero attached hydrogens (tertiary/aromatic N) is 4. The van der Waals surface area contributed by atoms with Crippen molar-refractivity contribution in [3.8, 4) is 28.6 Å². The lowest BCUT2D eigenvalue weighted by atomic mass is 9.85. The molecule has 0 saturated carbocycles. The molecule has 3 aliphatic heterocycles. The third-order valence-electron chi connectivity index (χ3n) is 13.1. The third kappa shape index (κ3) is 8.01. The first-order chi connectivity index (χ1) is 31.0. The number of fused-ring (bicyclic) bond motifs is 5. The molecule has 338 valence electrons. The van der Waals surface area contributed by atoms with E-state index < -0.39 is 23.6 Å². The van der Waals surface area contributed by atoms with E-state index in [-0.39, 0.29) is 95.5 Å². The average molecular weight is 885 g/mol. The number of aromatic hydroxyl groups is 3. The van der Waals surface area contributed by atoms with E-state index in [1.54, 1.807) is 52.8 Å². The Labute approximate surface area is 374 Å². The van der Waals surface area contributed by atoms with Crippen LogP contribution in [-0.4, -0.2) is 72.6 Å². The standard InChI is InChI=1S/C49H52N6O10/c1-5-31-33-20-30(56)11-12-38(33)52-44-35(31)24-54-39(44)22-37-36(46(54)61)25-64-47(62)49(37,6-2)65-43(60)14-13-42(59)53-17-15-28(16-18-53)19-27-7-9-29(10-8-27)55(48(51)63)45(50)34-21-32(26(3)4)40(57)23-41(34)58/h7-12,20-23,26,28,50,56-58H,5-6,13-19,24-25H2,1-4H3,(H2,51,63). The summed E-state index contributed by atoms with van der Waals surface area (Å²) >= 11 is 0. The predicted molar refractivity (Wildman–Crippen MR) is 241 cm³/mol. The molecule has 6 N–H and O–H groups in total. The van der Waals surface area contributed by atoms with E-state index in [2.05, 4.69) is 0 Å². The van der Waals surface area contributed by atoms with E-state index in [0.717, 1.165) is 33.0 Å². The Morgan fingerprint density at radius 3 is 2.35 bits per heavy atom. The lowest BCUT2D eigenvalue weighted by molar-refractivity contribution is -0.189. The summed E-state index contributed by atoms with van der Waals surface area (Å²) in [5, 5.41) is 40.5. The number of likely N-dealkylation sites (tertiary alicyclic amines) is 1. The van der Waals surface area contributed by atoms with Crippen molar-refractivity contribution >= 4 is 46.3 Å². The number of cyclic esters (lactones) is 1. The molecule has 3 aromatic carbocycles. The highest BCUT2D eigenvalue weighted by Crippen LogP contribution is 2.43. The van der Waals surface area contributed by atoms with E-state index in [0.29, 0.717) is 66.9 Å². The van der Waals surface area contributed by atoms with Crippen LogP contribution in [0.2, 0.25) is 0 Å². The number of carbonyl (C=O) groups is 4. The normalized spacial score (nSPS) is 16.8. The van der Waals surface area contributed by atoms with Gasteiger partial charge in [0.05, 0.1) is 46.7 Å². The smallest absolute Gasteiger partial charge is 0.355 e. The number of rotatable bonds is 11. The fraction of sp³-hybridized carbons (Fsp3) is 0.367. The van der Waals surface area contributed by atoms with Gasteiger partial charge in [0.2, 0.25) is 11.5 Å². The quantitative estimate of drug-likeness (QED) is 0.0527. The molecule has 1 atom stereocenters. The zero-order valence-electron chi connectivity index (χ0n) is 36.8. The number of hydrogen-bond acceptors (Lipinski definition) is 12. The zero-order chi connectivity index (χ0) is 46.5. The number of urea groups is 1. The molecular formula is C49H52N6O10. The van der Waals surface area contributed by atoms with Crippen LogP contribution in [0.3, 0.4) is 0 Å². The van der Waals surface area contributed by atoms with Gasteiger partial charge in [-0.15, -0.1) is 0 Å². The maximum Gasteiger partial charge on any atom is 0.355 e. The molecule has 5 heterocycles. The van der Waals surface area contributed by atoms with Crippen LogP contribution in [0.15, 0.2) is 65.5 Å². The Kier molecular flexibility index (Phi) is 11.9. The fourth-order valence-corrected chi connectivity index (χ4v) is 9.56. The Morgan fingerprint density at radius 1 is 0.969 bits per heavy atom. The molecule has 1 unspecified atom stereocenters. The molecule has 0 bridgehead atoms. The topological polar surface area (TPSA) is 239 Å². The molecule has 0 aliphatic carbocycles. The zero-order valence-corrected chi connectivity index (χ0v) is 36.8. The van der Waals surface area contributed by atoms with Gasteiger partial charge in [0.1, 0.15) is 29.7 Å². The molecular weight excluding hydrogens is 833 g/mol. The van der Waals surface area contributed by atoms with E-state index in [4.69, 9.17) is 25.6 Å². The number of aryl methyl sites for hydroxylation is 1. The van der Waals surface area contributed by atoms with Crippen molar-refractivity contribution in [1.29, 1.82) is 5.41 Å². The summed E-state index contributed by atoms with van der Waals surface area (Å²) in [4.78, 5) is 74.8. The lowest BCUT2D eigenvalue weighted by Crippen LogP contribution is -2.47. The fourth-order valence-electron chi connectivity index (χ4n) is 9.56. The molecule has 16 nitrogen and oxygen atoms in total. The molecule has 3 amide bonds. The maximum absolute atomic E-state index is 14.1. The highest BCUT2D eigenvalue weighted by Gasteiger charge is 2.50. The van der Waals surface area contributed by atoms with Gasteiger partial charge >= 0.3 is 18.0 Å². The first-order valence-electron chi connectivity index (χ1n) is 22.0. The molecule has 1 fully saturated rings. The number of amides is 3. The van der Waals surface area contributed by atoms with E-state index in [9.17, 15) is 39.3 Å². The van der Waals surface area contributed by atoms with Crippen LogP contribution in [0, 0.1) is 11.3 Å². The van der Waals surface area contributed by atoms with Crippen molar-refractivity contribution in [2.45, 2.75) is 97.3 Å². The number of nitrogens with one attached hydrogen (secondary N) is 1. The van der Waals surface area contributed by atoms with Crippen molar-refractivity contribution in [3.05, 3.63) is 110 Å². The van der Waals surface area contributed by atoms with Crippen LogP contribution in [0.4, 0.5) is 10.5 Å². The van der Waals surface area contributed by atoms with Gasteiger partial charge in [0, 0.05) is 42.1 Å². The molecule has 0 spiro atoms. The Bertz CT molecular complexity index is 2850. The second kappa shape index (κ2) is 17.4. The highest BCUT2D eigenvalue weighted by atomic mass is 16.6. The van der Waals surface area contributed by atoms with Gasteiger partial charge in [0.15, 0.2) is 0 Å². The number of esters is 2. The van der Waals surface area contributed by atoms with Crippen molar-refractivity contribution in [2.24, 2.45) is 11.7 Å². The third-order valence-corrected chi connectivity index (χ3v) is 13.1. The van der Waals surface area contributed by atoms with Crippen molar-refractivity contribution in [3.63, 3.8) is 0 Å². The first-order valence-corrected chi connectivity index (χ1v) is 22.0. The number of anilines is 1. The number of primary amides is 1. The molecule has 5 aromatic rings. The van der Waals surface area contributed by atoms with Crippen molar-refractivity contribution < 1.29 is 44.0 Å². The number of nitrogens with two attached hydrogens (primary N) is 1. The number of hydrogen-bond donors (Lipinski definition) is 5. The number of phenolic OH excluding ortho intramolecular Hbond substituents is 3. The Morgan fingerprint density at radius 2 is 1.69 bits per heavy atom. The lowest BCUT2D eigenvalue weighted by Gasteiger charge is -2.36. The maximum atomic E-state index is 14.1. The number of aromatic nitrogens is 2. The molecule has 0 radical (unpaired) electrons. The SMILES string of the molecule is CCc1c2c(nc3ccc(O)cc13)-c1cc3c(c(=O)n1C2)COC(=O)C3(CC)OC(=O)CCC(=O)N1CCC(Cc2ccc(N(C(=N)c3cc(C(C)C)c(O)cc3O)C(N)=O)cc2)CC1. The average Bonchev–Trinajstić information content (AvgIpc) is 3.64.